The topological polar surface area (TPSA) is 85.2 Å². The van der Waals surface area contributed by atoms with Crippen molar-refractivity contribution in [3.8, 4) is 11.8 Å². The second-order valence-corrected chi connectivity index (χ2v) is 5.57. The molecule has 0 aromatic heterocycles. The van der Waals surface area contributed by atoms with Crippen LogP contribution in [0.1, 0.15) is 16.7 Å². The van der Waals surface area contributed by atoms with Crippen LogP contribution in [0.5, 0.6) is 5.75 Å². The van der Waals surface area contributed by atoms with Gasteiger partial charge in [-0.3, -0.25) is 4.79 Å². The Hall–Kier alpha value is -3.26. The molecule has 0 heterocycles. The first-order valence-corrected chi connectivity index (χ1v) is 7.45. The van der Waals surface area contributed by atoms with E-state index >= 15 is 0 Å². The second kappa shape index (κ2) is 7.34. The minimum Gasteiger partial charge on any atom is -0.508 e. The average Bonchev–Trinajstić information content (AvgIpc) is 2.54. The number of rotatable bonds is 4. The van der Waals surface area contributed by atoms with Gasteiger partial charge in [0.2, 0.25) is 0 Å². The largest absolute Gasteiger partial charge is 0.508 e. The molecule has 0 aliphatic heterocycles. The number of phenolic OH excluding ortho intramolecular Hbond substituents is 1. The smallest absolute Gasteiger partial charge is 0.267 e. The van der Waals surface area contributed by atoms with Crippen LogP contribution in [0.4, 0.5) is 11.4 Å². The molecule has 2 rings (SSSR count). The fourth-order valence-corrected chi connectivity index (χ4v) is 2.11. The van der Waals surface area contributed by atoms with Gasteiger partial charge in [-0.05, 0) is 67.8 Å². The van der Waals surface area contributed by atoms with Crippen molar-refractivity contribution in [3.05, 3.63) is 64.9 Å². The molecule has 0 bridgehead atoms. The van der Waals surface area contributed by atoms with Gasteiger partial charge in [0.15, 0.2) is 0 Å². The number of nitriles is 1. The molecule has 2 aromatic rings. The number of carbonyl (C=O) groups is 1. The molecule has 0 spiro atoms. The molecule has 0 saturated heterocycles. The zero-order chi connectivity index (χ0) is 17.7. The third-order valence-corrected chi connectivity index (χ3v) is 3.71. The predicted molar refractivity (Wildman–Crippen MR) is 94.7 cm³/mol. The lowest BCUT2D eigenvalue weighted by Gasteiger charge is -2.09. The summed E-state index contributed by atoms with van der Waals surface area (Å²) in [5.74, 6) is -0.388. The Morgan fingerprint density at radius 3 is 2.46 bits per heavy atom. The van der Waals surface area contributed by atoms with E-state index in [-0.39, 0.29) is 11.3 Å². The van der Waals surface area contributed by atoms with Crippen LogP contribution in [0, 0.1) is 32.1 Å². The summed E-state index contributed by atoms with van der Waals surface area (Å²) < 4.78 is 0. The lowest BCUT2D eigenvalue weighted by Crippen LogP contribution is -2.15. The van der Waals surface area contributed by atoms with Crippen molar-refractivity contribution in [3.63, 3.8) is 0 Å². The van der Waals surface area contributed by atoms with Gasteiger partial charge in [0.05, 0.1) is 0 Å². The third kappa shape index (κ3) is 4.14. The van der Waals surface area contributed by atoms with Gasteiger partial charge in [0.25, 0.3) is 5.91 Å². The Kier molecular flexibility index (Phi) is 5.23. The van der Waals surface area contributed by atoms with E-state index in [1.165, 1.54) is 17.8 Å². The van der Waals surface area contributed by atoms with Crippen molar-refractivity contribution < 1.29 is 9.90 Å². The minimum absolute atomic E-state index is 0.0410. The Balaban J connectivity index is 2.13. The number of phenols is 1. The number of amides is 1. The molecule has 0 unspecified atom stereocenters. The Morgan fingerprint density at radius 1 is 1.08 bits per heavy atom. The number of benzene rings is 2. The van der Waals surface area contributed by atoms with Gasteiger partial charge in [-0.1, -0.05) is 6.07 Å². The summed E-state index contributed by atoms with van der Waals surface area (Å²) in [5, 5.41) is 24.2. The van der Waals surface area contributed by atoms with Gasteiger partial charge in [-0.15, -0.1) is 0 Å². The van der Waals surface area contributed by atoms with Crippen molar-refractivity contribution in [1.29, 1.82) is 5.26 Å². The van der Waals surface area contributed by atoms with Crippen molar-refractivity contribution in [1.82, 2.24) is 0 Å². The van der Waals surface area contributed by atoms with E-state index in [1.807, 2.05) is 38.1 Å². The van der Waals surface area contributed by atoms with Crippen molar-refractivity contribution in [2.24, 2.45) is 0 Å². The standard InChI is InChI=1S/C19H19N3O2/c1-12-4-5-16(8-13(12)2)21-11-15(10-20)19(24)22-18-7-6-17(23)9-14(18)3/h4-9,11,21,23H,1-3H3,(H,22,24)/b15-11-. The van der Waals surface area contributed by atoms with Crippen LogP contribution in [0.3, 0.4) is 0 Å². The number of nitrogens with one attached hydrogen (secondary N) is 2. The lowest BCUT2D eigenvalue weighted by molar-refractivity contribution is -0.112. The molecule has 5 heteroatoms. The zero-order valence-electron chi connectivity index (χ0n) is 13.8. The molecule has 3 N–H and O–H groups in total. The predicted octanol–water partition coefficient (Wildman–Crippen LogP) is 3.78. The number of carbonyl (C=O) groups excluding carboxylic acids is 1. The van der Waals surface area contributed by atoms with Gasteiger partial charge < -0.3 is 15.7 Å². The minimum atomic E-state index is -0.511. The van der Waals surface area contributed by atoms with Crippen LogP contribution in [0.25, 0.3) is 0 Å². The molecule has 2 aromatic carbocycles. The Morgan fingerprint density at radius 2 is 1.83 bits per heavy atom. The van der Waals surface area contributed by atoms with Gasteiger partial charge in [-0.25, -0.2) is 0 Å². The maximum absolute atomic E-state index is 12.2. The third-order valence-electron chi connectivity index (χ3n) is 3.71. The van der Waals surface area contributed by atoms with Crippen molar-refractivity contribution in [2.75, 3.05) is 10.6 Å². The number of aryl methyl sites for hydroxylation is 3. The van der Waals surface area contributed by atoms with E-state index in [0.717, 1.165) is 11.3 Å². The van der Waals surface area contributed by atoms with Crippen LogP contribution >= 0.6 is 0 Å². The summed E-state index contributed by atoms with van der Waals surface area (Å²) in [6, 6.07) is 12.3. The molecule has 0 aliphatic rings. The Labute approximate surface area is 141 Å². The maximum Gasteiger partial charge on any atom is 0.267 e. The van der Waals surface area contributed by atoms with Gasteiger partial charge >= 0.3 is 0 Å². The van der Waals surface area contributed by atoms with E-state index in [9.17, 15) is 15.2 Å². The number of anilines is 2. The van der Waals surface area contributed by atoms with E-state index < -0.39 is 5.91 Å². The first-order valence-electron chi connectivity index (χ1n) is 7.45. The normalized spacial score (nSPS) is 10.8. The van der Waals surface area contributed by atoms with Crippen LogP contribution in [0.2, 0.25) is 0 Å². The summed E-state index contributed by atoms with van der Waals surface area (Å²) in [6.45, 7) is 5.78. The van der Waals surface area contributed by atoms with E-state index in [0.29, 0.717) is 11.3 Å². The van der Waals surface area contributed by atoms with E-state index in [1.54, 1.807) is 19.1 Å². The van der Waals surface area contributed by atoms with Crippen LogP contribution in [0.15, 0.2) is 48.2 Å². The molecule has 1 amide bonds. The van der Waals surface area contributed by atoms with Crippen LogP contribution in [-0.2, 0) is 4.79 Å². The van der Waals surface area contributed by atoms with Crippen molar-refractivity contribution >= 4 is 17.3 Å². The number of hydrogen-bond donors (Lipinski definition) is 3. The number of hydrogen-bond acceptors (Lipinski definition) is 4. The summed E-state index contributed by atoms with van der Waals surface area (Å²) >= 11 is 0. The van der Waals surface area contributed by atoms with E-state index in [4.69, 9.17) is 0 Å². The molecular formula is C19H19N3O2. The highest BCUT2D eigenvalue weighted by Gasteiger charge is 2.11. The highest BCUT2D eigenvalue weighted by atomic mass is 16.3. The summed E-state index contributed by atoms with van der Waals surface area (Å²) in [5.41, 5.74) is 4.31. The fourth-order valence-electron chi connectivity index (χ4n) is 2.11. The molecule has 0 saturated carbocycles. The van der Waals surface area contributed by atoms with Crippen molar-refractivity contribution in [2.45, 2.75) is 20.8 Å². The van der Waals surface area contributed by atoms with Gasteiger partial charge in [0, 0.05) is 17.6 Å². The second-order valence-electron chi connectivity index (χ2n) is 5.57. The first kappa shape index (κ1) is 17.1. The molecule has 0 fully saturated rings. The molecule has 0 aliphatic carbocycles. The first-order chi connectivity index (χ1) is 11.4. The summed E-state index contributed by atoms with van der Waals surface area (Å²) in [6.07, 6.45) is 1.38. The van der Waals surface area contributed by atoms with Crippen LogP contribution < -0.4 is 10.6 Å². The number of aromatic hydroxyl groups is 1. The SMILES string of the molecule is Cc1ccc(N/C=C(/C#N)C(=O)Nc2ccc(O)cc2C)cc1C. The lowest BCUT2D eigenvalue weighted by atomic mass is 10.1. The highest BCUT2D eigenvalue weighted by molar-refractivity contribution is 6.07. The van der Waals surface area contributed by atoms with E-state index in [2.05, 4.69) is 10.6 Å². The van der Waals surface area contributed by atoms with Crippen LogP contribution in [-0.4, -0.2) is 11.0 Å². The molecule has 122 valence electrons. The van der Waals surface area contributed by atoms with Gasteiger partial charge in [0.1, 0.15) is 17.4 Å². The maximum atomic E-state index is 12.2. The summed E-state index contributed by atoms with van der Waals surface area (Å²) in [4.78, 5) is 12.2. The fraction of sp³-hybridized carbons (Fsp3) is 0.158. The summed E-state index contributed by atoms with van der Waals surface area (Å²) in [7, 11) is 0. The Bertz CT molecular complexity index is 848. The molecule has 24 heavy (non-hydrogen) atoms. The molecule has 0 radical (unpaired) electrons. The monoisotopic (exact) mass is 321 g/mol. The zero-order valence-corrected chi connectivity index (χ0v) is 13.8. The number of nitrogens with zero attached hydrogens (tertiary/aromatic N) is 1. The average molecular weight is 321 g/mol. The highest BCUT2D eigenvalue weighted by Crippen LogP contribution is 2.20. The molecule has 0 atom stereocenters. The molecule has 5 nitrogen and oxygen atoms in total. The molecular weight excluding hydrogens is 302 g/mol. The quantitative estimate of drug-likeness (QED) is 0.454. The van der Waals surface area contributed by atoms with Gasteiger partial charge in [-0.2, -0.15) is 5.26 Å².